The Morgan fingerprint density at radius 3 is 2.70 bits per heavy atom. The number of carbonyl (C=O) groups excluding carboxylic acids is 2. The minimum atomic E-state index is -1.25. The first-order valence-corrected chi connectivity index (χ1v) is 17.5. The van der Waals surface area contributed by atoms with Crippen LogP contribution in [0.1, 0.15) is 34.1 Å². The first kappa shape index (κ1) is 30.0. The van der Waals surface area contributed by atoms with Gasteiger partial charge >= 0.3 is 5.97 Å². The molecule has 0 spiro atoms. The van der Waals surface area contributed by atoms with Gasteiger partial charge in [-0.2, -0.15) is 5.10 Å². The zero-order chi connectivity index (χ0) is 29.2. The number of benzene rings is 1. The topological polar surface area (TPSA) is 102 Å². The highest BCUT2D eigenvalue weighted by atomic mass is 35.5. The van der Waals surface area contributed by atoms with Crippen molar-refractivity contribution in [2.45, 2.75) is 64.8 Å². The van der Waals surface area contributed by atoms with Gasteiger partial charge in [0.15, 0.2) is 0 Å². The van der Waals surface area contributed by atoms with Gasteiger partial charge in [-0.1, -0.05) is 59.3 Å². The Labute approximate surface area is 245 Å². The van der Waals surface area contributed by atoms with E-state index < -0.39 is 14.0 Å². The summed E-state index contributed by atoms with van der Waals surface area (Å²) in [5, 5.41) is 8.42. The highest BCUT2D eigenvalue weighted by molar-refractivity contribution is 6.76. The first-order chi connectivity index (χ1) is 18.9. The molecule has 2 aromatic heterocycles. The SMILES string of the molecule is C=C(Cc1conc1-c1[nH][n+](COCC[Si](C)(C)C)c2c1CN(C(=O)c1ccc(Cl)c(Cl)c1)[C@H](C)C2)C(=O)OC. The van der Waals surface area contributed by atoms with Crippen molar-refractivity contribution >= 4 is 43.2 Å². The molecule has 1 N–H and O–H groups in total. The summed E-state index contributed by atoms with van der Waals surface area (Å²) < 4.78 is 18.2. The standard InChI is InChI=1S/C28H34Cl2N4O5Si/c1-17(28(36)37-3)11-20-15-39-32-25(20)26-21-14-33(27(35)19-7-8-22(29)23(30)13-19)18(2)12-24(21)34(31-26)16-38-9-10-40(4,5)6/h7-8,13,15,18H,1,9-12,14,16H2,2-6H3/p+1/t18-/m1/s1. The van der Waals surface area contributed by atoms with Crippen LogP contribution >= 0.6 is 23.2 Å². The van der Waals surface area contributed by atoms with Gasteiger partial charge in [0.1, 0.15) is 17.7 Å². The summed E-state index contributed by atoms with van der Waals surface area (Å²) in [6.45, 7) is 14.1. The number of H-pyrrole nitrogens is 1. The van der Waals surface area contributed by atoms with Crippen LogP contribution in [0.25, 0.3) is 11.4 Å². The molecule has 0 saturated heterocycles. The molecule has 1 atom stereocenters. The summed E-state index contributed by atoms with van der Waals surface area (Å²) in [6, 6.07) is 5.85. The van der Waals surface area contributed by atoms with Gasteiger partial charge in [-0.15, -0.1) is 0 Å². The number of hydrogen-bond acceptors (Lipinski definition) is 6. The predicted molar refractivity (Wildman–Crippen MR) is 155 cm³/mol. The second kappa shape index (κ2) is 12.3. The number of esters is 1. The van der Waals surface area contributed by atoms with Crippen LogP contribution in [0.4, 0.5) is 0 Å². The maximum Gasteiger partial charge on any atom is 0.333 e. The van der Waals surface area contributed by atoms with Gasteiger partial charge in [-0.3, -0.25) is 4.79 Å². The monoisotopic (exact) mass is 605 g/mol. The lowest BCUT2D eigenvalue weighted by atomic mass is 9.96. The molecule has 1 aliphatic heterocycles. The molecule has 214 valence electrons. The third-order valence-corrected chi connectivity index (χ3v) is 9.42. The number of nitrogens with zero attached hydrogens (tertiary/aromatic N) is 3. The Hall–Kier alpha value is -2.92. The zero-order valence-electron chi connectivity index (χ0n) is 23.5. The van der Waals surface area contributed by atoms with Crippen molar-refractivity contribution in [2.75, 3.05) is 13.7 Å². The van der Waals surface area contributed by atoms with E-state index in [2.05, 4.69) is 36.5 Å². The Kier molecular flexibility index (Phi) is 9.24. The van der Waals surface area contributed by atoms with Crippen molar-refractivity contribution in [2.24, 2.45) is 0 Å². The Bertz CT molecular complexity index is 1430. The lowest BCUT2D eigenvalue weighted by Crippen LogP contribution is -2.48. The highest BCUT2D eigenvalue weighted by Gasteiger charge is 2.38. The average Bonchev–Trinajstić information content (AvgIpc) is 3.50. The number of methoxy groups -OCH3 is 1. The number of nitrogens with one attached hydrogen (secondary N) is 1. The first-order valence-electron chi connectivity index (χ1n) is 13.1. The molecule has 0 unspecified atom stereocenters. The summed E-state index contributed by atoms with van der Waals surface area (Å²) in [7, 11) is 0.0692. The molecular formula is C28H35Cl2N4O5Si+. The number of carbonyl (C=O) groups is 2. The van der Waals surface area contributed by atoms with E-state index in [1.807, 2.05) is 16.5 Å². The Morgan fingerprint density at radius 2 is 2.02 bits per heavy atom. The average molecular weight is 607 g/mol. The number of aromatic nitrogens is 3. The van der Waals surface area contributed by atoms with Crippen LogP contribution in [0.2, 0.25) is 35.7 Å². The predicted octanol–water partition coefficient (Wildman–Crippen LogP) is 5.44. The highest BCUT2D eigenvalue weighted by Crippen LogP contribution is 2.33. The largest absolute Gasteiger partial charge is 0.466 e. The van der Waals surface area contributed by atoms with Crippen molar-refractivity contribution in [3.8, 4) is 11.4 Å². The molecule has 9 nitrogen and oxygen atoms in total. The molecule has 12 heteroatoms. The van der Waals surface area contributed by atoms with Gasteiger partial charge < -0.3 is 18.9 Å². The lowest BCUT2D eigenvalue weighted by Gasteiger charge is -2.32. The fourth-order valence-corrected chi connectivity index (χ4v) is 5.69. The van der Waals surface area contributed by atoms with E-state index >= 15 is 0 Å². The third-order valence-electron chi connectivity index (χ3n) is 6.97. The van der Waals surface area contributed by atoms with Gasteiger partial charge in [-0.05, 0) is 31.2 Å². The minimum Gasteiger partial charge on any atom is -0.466 e. The molecule has 3 heterocycles. The fourth-order valence-electron chi connectivity index (χ4n) is 4.64. The molecule has 0 aliphatic carbocycles. The number of fused-ring (bicyclic) bond motifs is 1. The second-order valence-corrected chi connectivity index (χ2v) is 17.7. The van der Waals surface area contributed by atoms with Crippen LogP contribution in [0.5, 0.6) is 0 Å². The van der Waals surface area contributed by atoms with Crippen LogP contribution in [0, 0.1) is 0 Å². The van der Waals surface area contributed by atoms with E-state index in [-0.39, 0.29) is 23.9 Å². The summed E-state index contributed by atoms with van der Waals surface area (Å²) >= 11 is 12.3. The van der Waals surface area contributed by atoms with E-state index in [1.165, 1.54) is 13.4 Å². The lowest BCUT2D eigenvalue weighted by molar-refractivity contribution is -0.787. The van der Waals surface area contributed by atoms with Crippen molar-refractivity contribution in [3.63, 3.8) is 0 Å². The maximum atomic E-state index is 13.6. The summed E-state index contributed by atoms with van der Waals surface area (Å²) in [4.78, 5) is 27.4. The molecule has 1 aromatic carbocycles. The Balaban J connectivity index is 1.69. The number of aromatic amines is 1. The van der Waals surface area contributed by atoms with Crippen molar-refractivity contribution in [1.29, 1.82) is 0 Å². The molecule has 0 bridgehead atoms. The van der Waals surface area contributed by atoms with Crippen LogP contribution in [-0.2, 0) is 40.4 Å². The second-order valence-electron chi connectivity index (χ2n) is 11.3. The van der Waals surface area contributed by atoms with Crippen molar-refractivity contribution < 1.29 is 28.3 Å². The maximum absolute atomic E-state index is 13.6. The molecule has 1 amide bonds. The van der Waals surface area contributed by atoms with E-state index in [4.69, 9.17) is 37.2 Å². The van der Waals surface area contributed by atoms with Crippen LogP contribution in [0.3, 0.4) is 0 Å². The molecule has 4 rings (SSSR count). The third kappa shape index (κ3) is 6.68. The van der Waals surface area contributed by atoms with E-state index in [1.54, 1.807) is 18.2 Å². The normalized spacial score (nSPS) is 15.2. The quantitative estimate of drug-likeness (QED) is 0.109. The van der Waals surface area contributed by atoms with Crippen LogP contribution in [-0.4, -0.2) is 54.9 Å². The smallest absolute Gasteiger partial charge is 0.333 e. The number of rotatable bonds is 10. The Morgan fingerprint density at radius 1 is 1.27 bits per heavy atom. The fraction of sp³-hybridized carbons (Fsp3) is 0.429. The van der Waals surface area contributed by atoms with Crippen molar-refractivity contribution in [1.82, 2.24) is 15.2 Å². The molecule has 3 aromatic rings. The molecule has 1 aliphatic rings. The summed E-state index contributed by atoms with van der Waals surface area (Å²) in [5.41, 5.74) is 4.57. The van der Waals surface area contributed by atoms with Crippen LogP contribution in [0.15, 0.2) is 41.1 Å². The summed E-state index contributed by atoms with van der Waals surface area (Å²) in [6.07, 6.45) is 2.29. The van der Waals surface area contributed by atoms with Gasteiger partial charge in [0, 0.05) is 37.2 Å². The van der Waals surface area contributed by atoms with E-state index in [0.29, 0.717) is 58.9 Å². The van der Waals surface area contributed by atoms with Gasteiger partial charge in [-0.25, -0.2) is 4.79 Å². The number of halogens is 2. The molecule has 0 fully saturated rings. The van der Waals surface area contributed by atoms with Gasteiger partial charge in [0.05, 0.1) is 42.3 Å². The van der Waals surface area contributed by atoms with E-state index in [9.17, 15) is 9.59 Å². The molecule has 40 heavy (non-hydrogen) atoms. The number of hydrogen-bond donors (Lipinski definition) is 1. The summed E-state index contributed by atoms with van der Waals surface area (Å²) in [5.74, 6) is -0.653. The number of amides is 1. The van der Waals surface area contributed by atoms with E-state index in [0.717, 1.165) is 17.3 Å². The molecule has 0 radical (unpaired) electrons. The van der Waals surface area contributed by atoms with Crippen LogP contribution < -0.4 is 4.68 Å². The zero-order valence-corrected chi connectivity index (χ0v) is 26.0. The van der Waals surface area contributed by atoms with Gasteiger partial charge in [0.2, 0.25) is 5.69 Å². The van der Waals surface area contributed by atoms with Crippen molar-refractivity contribution in [3.05, 3.63) is 69.0 Å². The molecular weight excluding hydrogens is 571 g/mol. The molecule has 0 saturated carbocycles. The van der Waals surface area contributed by atoms with Gasteiger partial charge in [0.25, 0.3) is 12.6 Å². The minimum absolute atomic E-state index is 0.0952. The number of ether oxygens (including phenoxy) is 2.